The first-order valence-electron chi connectivity index (χ1n) is 5.74. The molecule has 1 N–H and O–H groups in total. The minimum Gasteiger partial charge on any atom is -0.454 e. The summed E-state index contributed by atoms with van der Waals surface area (Å²) in [5.41, 5.74) is 1.41. The van der Waals surface area contributed by atoms with Crippen molar-refractivity contribution in [2.45, 2.75) is 0 Å². The molecule has 3 heterocycles. The molecule has 0 saturated carbocycles. The number of hydrogen-bond donors (Lipinski definition) is 1. The maximum atomic E-state index is 5.63. The lowest BCUT2D eigenvalue weighted by Gasteiger charge is -1.97. The Kier molecular flexibility index (Phi) is 2.49. The highest BCUT2D eigenvalue weighted by molar-refractivity contribution is 9.10. The number of benzene rings is 1. The number of rotatable bonds is 2. The molecule has 0 bridgehead atoms. The Morgan fingerprint density at radius 3 is 2.80 bits per heavy atom. The molecule has 100 valence electrons. The SMILES string of the molecule is Brc1cn[nH]c1-c1nnc(-c2ccc3c(c2)OCO3)o1. The molecule has 7 nitrogen and oxygen atoms in total. The largest absolute Gasteiger partial charge is 0.454 e. The molecular weight excluding hydrogens is 328 g/mol. The van der Waals surface area contributed by atoms with E-state index in [-0.39, 0.29) is 6.79 Å². The molecule has 0 fully saturated rings. The van der Waals surface area contributed by atoms with Gasteiger partial charge in [0.25, 0.3) is 5.89 Å². The van der Waals surface area contributed by atoms with Gasteiger partial charge in [0.15, 0.2) is 11.5 Å². The highest BCUT2D eigenvalue weighted by Gasteiger charge is 2.18. The molecule has 1 aliphatic rings. The van der Waals surface area contributed by atoms with Gasteiger partial charge >= 0.3 is 0 Å². The summed E-state index contributed by atoms with van der Waals surface area (Å²) in [5, 5.41) is 14.7. The maximum Gasteiger partial charge on any atom is 0.267 e. The summed E-state index contributed by atoms with van der Waals surface area (Å²) in [6.45, 7) is 0.231. The van der Waals surface area contributed by atoms with Gasteiger partial charge in [0.05, 0.1) is 10.7 Å². The molecule has 0 radical (unpaired) electrons. The summed E-state index contributed by atoms with van der Waals surface area (Å²) in [4.78, 5) is 0. The quantitative estimate of drug-likeness (QED) is 0.775. The van der Waals surface area contributed by atoms with Crippen molar-refractivity contribution in [2.24, 2.45) is 0 Å². The van der Waals surface area contributed by atoms with Crippen molar-refractivity contribution < 1.29 is 13.9 Å². The molecule has 0 atom stereocenters. The molecule has 1 aliphatic heterocycles. The van der Waals surface area contributed by atoms with Gasteiger partial charge in [0, 0.05) is 5.56 Å². The minimum absolute atomic E-state index is 0.231. The zero-order chi connectivity index (χ0) is 13.5. The third-order valence-electron chi connectivity index (χ3n) is 2.85. The third-order valence-corrected chi connectivity index (χ3v) is 3.45. The lowest BCUT2D eigenvalue weighted by atomic mass is 10.2. The fourth-order valence-electron chi connectivity index (χ4n) is 1.89. The number of nitrogens with one attached hydrogen (secondary N) is 1. The van der Waals surface area contributed by atoms with Crippen LogP contribution in [0, 0.1) is 0 Å². The molecule has 20 heavy (non-hydrogen) atoms. The number of halogens is 1. The second-order valence-corrected chi connectivity index (χ2v) is 4.93. The van der Waals surface area contributed by atoms with Crippen molar-refractivity contribution in [3.8, 4) is 34.5 Å². The van der Waals surface area contributed by atoms with Crippen LogP contribution in [0.2, 0.25) is 0 Å². The molecular formula is C12H7BrN4O3. The first-order valence-corrected chi connectivity index (χ1v) is 6.53. The van der Waals surface area contributed by atoms with Crippen LogP contribution in [0.4, 0.5) is 0 Å². The Morgan fingerprint density at radius 1 is 1.10 bits per heavy atom. The average molecular weight is 335 g/mol. The van der Waals surface area contributed by atoms with Crippen LogP contribution in [0.5, 0.6) is 11.5 Å². The fourth-order valence-corrected chi connectivity index (χ4v) is 2.25. The molecule has 0 aliphatic carbocycles. The standard InChI is InChI=1S/C12H7BrN4O3/c13-7-4-14-15-10(7)12-17-16-11(20-12)6-1-2-8-9(3-6)19-5-18-8/h1-4H,5H2,(H,14,15). The normalized spacial score (nSPS) is 12.8. The Hall–Kier alpha value is -2.35. The van der Waals surface area contributed by atoms with Crippen LogP contribution in [0.1, 0.15) is 0 Å². The predicted octanol–water partition coefficient (Wildman–Crippen LogP) is 2.62. The summed E-state index contributed by atoms with van der Waals surface area (Å²) < 4.78 is 17.0. The Balaban J connectivity index is 1.73. The number of H-pyrrole nitrogens is 1. The predicted molar refractivity (Wildman–Crippen MR) is 71.1 cm³/mol. The highest BCUT2D eigenvalue weighted by atomic mass is 79.9. The van der Waals surface area contributed by atoms with E-state index in [4.69, 9.17) is 13.9 Å². The van der Waals surface area contributed by atoms with E-state index in [2.05, 4.69) is 36.3 Å². The van der Waals surface area contributed by atoms with E-state index in [0.29, 0.717) is 29.0 Å². The first-order chi connectivity index (χ1) is 9.81. The van der Waals surface area contributed by atoms with Crippen molar-refractivity contribution in [2.75, 3.05) is 6.79 Å². The second kappa shape index (κ2) is 4.34. The molecule has 2 aromatic heterocycles. The Labute approximate surface area is 121 Å². The smallest absolute Gasteiger partial charge is 0.267 e. The van der Waals surface area contributed by atoms with Gasteiger partial charge in [-0.1, -0.05) is 0 Å². The van der Waals surface area contributed by atoms with Crippen molar-refractivity contribution >= 4 is 15.9 Å². The molecule has 0 spiro atoms. The fraction of sp³-hybridized carbons (Fsp3) is 0.0833. The van der Waals surface area contributed by atoms with Gasteiger partial charge in [0.1, 0.15) is 5.69 Å². The van der Waals surface area contributed by atoms with E-state index in [1.54, 1.807) is 6.20 Å². The molecule has 0 amide bonds. The lowest BCUT2D eigenvalue weighted by molar-refractivity contribution is 0.174. The van der Waals surface area contributed by atoms with E-state index >= 15 is 0 Å². The summed E-state index contributed by atoms with van der Waals surface area (Å²) in [7, 11) is 0. The van der Waals surface area contributed by atoms with E-state index in [0.717, 1.165) is 10.0 Å². The number of ether oxygens (including phenoxy) is 2. The summed E-state index contributed by atoms with van der Waals surface area (Å²) in [6.07, 6.45) is 1.62. The van der Waals surface area contributed by atoms with Gasteiger partial charge in [-0.3, -0.25) is 5.10 Å². The average Bonchev–Trinajstić information content (AvgIpc) is 3.17. The van der Waals surface area contributed by atoms with Gasteiger partial charge < -0.3 is 13.9 Å². The molecule has 8 heteroatoms. The van der Waals surface area contributed by atoms with Gasteiger partial charge in [-0.25, -0.2) is 0 Å². The minimum atomic E-state index is 0.231. The number of fused-ring (bicyclic) bond motifs is 1. The zero-order valence-corrected chi connectivity index (χ0v) is 11.5. The number of aromatic amines is 1. The third kappa shape index (κ3) is 1.76. The highest BCUT2D eigenvalue weighted by Crippen LogP contribution is 2.36. The first kappa shape index (κ1) is 11.5. The van der Waals surface area contributed by atoms with Crippen molar-refractivity contribution in [3.05, 3.63) is 28.9 Å². The van der Waals surface area contributed by atoms with Crippen molar-refractivity contribution in [1.82, 2.24) is 20.4 Å². The van der Waals surface area contributed by atoms with E-state index in [1.165, 1.54) is 0 Å². The topological polar surface area (TPSA) is 86.1 Å². The van der Waals surface area contributed by atoms with Crippen molar-refractivity contribution in [3.63, 3.8) is 0 Å². The lowest BCUT2D eigenvalue weighted by Crippen LogP contribution is -1.92. The molecule has 0 saturated heterocycles. The van der Waals surface area contributed by atoms with Gasteiger partial charge in [-0.2, -0.15) is 5.10 Å². The molecule has 4 rings (SSSR count). The summed E-state index contributed by atoms with van der Waals surface area (Å²) in [6, 6.07) is 5.46. The van der Waals surface area contributed by atoms with Crippen LogP contribution in [0.25, 0.3) is 23.0 Å². The van der Waals surface area contributed by atoms with Crippen LogP contribution >= 0.6 is 15.9 Å². The van der Waals surface area contributed by atoms with Crippen LogP contribution in [0.15, 0.2) is 33.3 Å². The molecule has 1 aromatic carbocycles. The van der Waals surface area contributed by atoms with Crippen LogP contribution < -0.4 is 9.47 Å². The Morgan fingerprint density at radius 2 is 1.95 bits per heavy atom. The van der Waals surface area contributed by atoms with E-state index < -0.39 is 0 Å². The summed E-state index contributed by atoms with van der Waals surface area (Å²) in [5.74, 6) is 2.15. The van der Waals surface area contributed by atoms with Crippen LogP contribution in [-0.2, 0) is 0 Å². The van der Waals surface area contributed by atoms with Crippen LogP contribution in [0.3, 0.4) is 0 Å². The van der Waals surface area contributed by atoms with Gasteiger partial charge in [0.2, 0.25) is 12.7 Å². The second-order valence-electron chi connectivity index (χ2n) is 4.07. The Bertz CT molecular complexity index is 783. The monoisotopic (exact) mass is 334 g/mol. The van der Waals surface area contributed by atoms with E-state index in [1.807, 2.05) is 18.2 Å². The maximum absolute atomic E-state index is 5.63. The van der Waals surface area contributed by atoms with Crippen molar-refractivity contribution in [1.29, 1.82) is 0 Å². The van der Waals surface area contributed by atoms with E-state index in [9.17, 15) is 0 Å². The molecule has 3 aromatic rings. The molecule has 0 unspecified atom stereocenters. The summed E-state index contributed by atoms with van der Waals surface area (Å²) >= 11 is 3.35. The zero-order valence-electron chi connectivity index (χ0n) is 9.96. The van der Waals surface area contributed by atoms with Gasteiger partial charge in [-0.15, -0.1) is 10.2 Å². The van der Waals surface area contributed by atoms with Gasteiger partial charge in [-0.05, 0) is 34.1 Å². The van der Waals surface area contributed by atoms with Crippen LogP contribution in [-0.4, -0.2) is 27.2 Å². The number of hydrogen-bond acceptors (Lipinski definition) is 6. The number of nitrogens with zero attached hydrogens (tertiary/aromatic N) is 3. The number of aromatic nitrogens is 4.